The topological polar surface area (TPSA) is 37.4 Å². The van der Waals surface area contributed by atoms with Crippen molar-refractivity contribution in [1.82, 2.24) is 0 Å². The van der Waals surface area contributed by atoms with Crippen LogP contribution in [0.4, 0.5) is 5.69 Å². The molecule has 0 radical (unpaired) electrons. The molecule has 0 bridgehead atoms. The predicted molar refractivity (Wildman–Crippen MR) is 117 cm³/mol. The summed E-state index contributed by atoms with van der Waals surface area (Å²) in [6, 6.07) is 13.6. The van der Waals surface area contributed by atoms with E-state index >= 15 is 0 Å². The third kappa shape index (κ3) is 3.53. The van der Waals surface area contributed by atoms with Crippen LogP contribution in [0.15, 0.2) is 53.7 Å². The highest BCUT2D eigenvalue weighted by atomic mass is 35.5. The van der Waals surface area contributed by atoms with E-state index in [0.29, 0.717) is 17.9 Å². The minimum absolute atomic E-state index is 0.0161. The highest BCUT2D eigenvalue weighted by Crippen LogP contribution is 2.49. The maximum absolute atomic E-state index is 13.4. The second-order valence-corrected chi connectivity index (χ2v) is 9.48. The van der Waals surface area contributed by atoms with E-state index in [1.54, 1.807) is 4.90 Å². The van der Waals surface area contributed by atoms with Gasteiger partial charge < -0.3 is 0 Å². The number of anilines is 1. The van der Waals surface area contributed by atoms with Crippen LogP contribution in [-0.4, -0.2) is 11.7 Å². The molecule has 3 nitrogen and oxygen atoms in total. The molecule has 1 unspecified atom stereocenters. The summed E-state index contributed by atoms with van der Waals surface area (Å²) in [5.74, 6) is -0.137. The van der Waals surface area contributed by atoms with Crippen molar-refractivity contribution in [1.29, 1.82) is 0 Å². The zero-order chi connectivity index (χ0) is 20.9. The molecule has 0 N–H and O–H groups in total. The Kier molecular flexibility index (Phi) is 4.90. The normalized spacial score (nSPS) is 21.4. The van der Waals surface area contributed by atoms with E-state index in [1.165, 1.54) is 5.56 Å². The average molecular weight is 408 g/mol. The summed E-state index contributed by atoms with van der Waals surface area (Å²) in [5, 5.41) is 0.606. The van der Waals surface area contributed by atoms with E-state index in [0.717, 1.165) is 28.1 Å². The Bertz CT molecular complexity index is 1050. The third-order valence-electron chi connectivity index (χ3n) is 6.17. The lowest BCUT2D eigenvalue weighted by atomic mass is 9.69. The van der Waals surface area contributed by atoms with Crippen molar-refractivity contribution in [2.75, 3.05) is 4.90 Å². The van der Waals surface area contributed by atoms with Crippen molar-refractivity contribution in [2.45, 2.75) is 52.9 Å². The summed E-state index contributed by atoms with van der Waals surface area (Å²) in [5.41, 5.74) is 5.44. The quantitative estimate of drug-likeness (QED) is 0.601. The number of hydrogen-bond donors (Lipinski definition) is 0. The molecule has 2 aromatic rings. The Hall–Kier alpha value is -2.39. The summed E-state index contributed by atoms with van der Waals surface area (Å²) in [7, 11) is 0. The first kappa shape index (κ1) is 19.9. The molecule has 150 valence electrons. The number of rotatable bonds is 2. The third-order valence-corrected chi connectivity index (χ3v) is 6.52. The van der Waals surface area contributed by atoms with Gasteiger partial charge in [0.15, 0.2) is 5.78 Å². The molecule has 1 heterocycles. The van der Waals surface area contributed by atoms with Crippen LogP contribution < -0.4 is 4.90 Å². The number of allylic oxidation sites excluding steroid dienone is 2. The molecule has 0 spiro atoms. The van der Waals surface area contributed by atoms with Gasteiger partial charge in [0.25, 0.3) is 0 Å². The van der Waals surface area contributed by atoms with Crippen molar-refractivity contribution in [3.05, 3.63) is 75.4 Å². The fourth-order valence-electron chi connectivity index (χ4n) is 4.60. The minimum atomic E-state index is -0.280. The summed E-state index contributed by atoms with van der Waals surface area (Å²) < 4.78 is 0. The van der Waals surface area contributed by atoms with Crippen LogP contribution in [0, 0.1) is 19.3 Å². The number of carbonyl (C=O) groups is 2. The molecule has 1 aliphatic heterocycles. The van der Waals surface area contributed by atoms with Gasteiger partial charge in [0, 0.05) is 40.7 Å². The lowest BCUT2D eigenvalue weighted by molar-refractivity contribution is -0.121. The summed E-state index contributed by atoms with van der Waals surface area (Å²) in [6.07, 6.45) is 1.43. The number of hydrogen-bond acceptors (Lipinski definition) is 2. The number of Topliss-reactive ketones (excluding diaryl/α,β-unsaturated/α-hetero) is 1. The first-order valence-corrected chi connectivity index (χ1v) is 10.5. The standard InChI is InChI=1S/C25H26ClNO2/c1-15-9-10-17(11-16(15)2)27-21-13-25(3,4)14-22(28)24(21)19(12-23(27)29)18-7-5-6-8-20(18)26/h5-11,19H,12-14H2,1-4H3. The minimum Gasteiger partial charge on any atom is -0.294 e. The van der Waals surface area contributed by atoms with Crippen LogP contribution in [0.5, 0.6) is 0 Å². The largest absolute Gasteiger partial charge is 0.294 e. The zero-order valence-electron chi connectivity index (χ0n) is 17.4. The van der Waals surface area contributed by atoms with E-state index in [4.69, 9.17) is 11.6 Å². The van der Waals surface area contributed by atoms with Crippen LogP contribution in [-0.2, 0) is 9.59 Å². The molecule has 0 fully saturated rings. The molecule has 2 aliphatic rings. The monoisotopic (exact) mass is 407 g/mol. The molecule has 0 aromatic heterocycles. The number of halogens is 1. The highest BCUT2D eigenvalue weighted by molar-refractivity contribution is 6.31. The summed E-state index contributed by atoms with van der Waals surface area (Å²) in [4.78, 5) is 28.5. The van der Waals surface area contributed by atoms with Gasteiger partial charge in [-0.1, -0.05) is 49.7 Å². The average Bonchev–Trinajstić information content (AvgIpc) is 2.63. The second kappa shape index (κ2) is 7.14. The van der Waals surface area contributed by atoms with Crippen LogP contribution in [0.3, 0.4) is 0 Å². The molecule has 29 heavy (non-hydrogen) atoms. The van der Waals surface area contributed by atoms with Gasteiger partial charge in [-0.15, -0.1) is 0 Å². The molecular weight excluding hydrogens is 382 g/mol. The van der Waals surface area contributed by atoms with Crippen LogP contribution in [0.1, 0.15) is 55.7 Å². The smallest absolute Gasteiger partial charge is 0.232 e. The highest BCUT2D eigenvalue weighted by Gasteiger charge is 2.44. The van der Waals surface area contributed by atoms with E-state index < -0.39 is 0 Å². The van der Waals surface area contributed by atoms with Gasteiger partial charge in [0.05, 0.1) is 0 Å². The zero-order valence-corrected chi connectivity index (χ0v) is 18.1. The SMILES string of the molecule is Cc1ccc(N2C(=O)CC(c3ccccc3Cl)C3=C2CC(C)(C)CC3=O)cc1C. The fourth-order valence-corrected chi connectivity index (χ4v) is 4.87. The van der Waals surface area contributed by atoms with E-state index in [2.05, 4.69) is 20.8 Å². The van der Waals surface area contributed by atoms with Crippen molar-refractivity contribution >= 4 is 29.0 Å². The Morgan fingerprint density at radius 1 is 1.00 bits per heavy atom. The first-order valence-electron chi connectivity index (χ1n) is 10.1. The second-order valence-electron chi connectivity index (χ2n) is 9.08. The van der Waals surface area contributed by atoms with Gasteiger partial charge in [0.2, 0.25) is 5.91 Å². The van der Waals surface area contributed by atoms with Crippen molar-refractivity contribution in [3.8, 4) is 0 Å². The van der Waals surface area contributed by atoms with Gasteiger partial charge in [-0.25, -0.2) is 0 Å². The van der Waals surface area contributed by atoms with Crippen molar-refractivity contribution in [2.24, 2.45) is 5.41 Å². The maximum Gasteiger partial charge on any atom is 0.232 e. The Labute approximate surface area is 177 Å². The van der Waals surface area contributed by atoms with Crippen molar-refractivity contribution < 1.29 is 9.59 Å². The lowest BCUT2D eigenvalue weighted by Crippen LogP contribution is -2.43. The van der Waals surface area contributed by atoms with E-state index in [9.17, 15) is 9.59 Å². The number of carbonyl (C=O) groups excluding carboxylic acids is 2. The molecule has 1 aliphatic carbocycles. The fraction of sp³-hybridized carbons (Fsp3) is 0.360. The van der Waals surface area contributed by atoms with Gasteiger partial charge in [-0.2, -0.15) is 0 Å². The molecule has 1 amide bonds. The Balaban J connectivity index is 1.92. The predicted octanol–water partition coefficient (Wildman–Crippen LogP) is 6.12. The van der Waals surface area contributed by atoms with Gasteiger partial charge in [-0.05, 0) is 60.6 Å². The molecule has 2 aromatic carbocycles. The molecule has 0 saturated heterocycles. The first-order chi connectivity index (χ1) is 13.7. The molecule has 4 rings (SSSR count). The Morgan fingerprint density at radius 2 is 1.72 bits per heavy atom. The molecule has 4 heteroatoms. The number of aryl methyl sites for hydroxylation is 2. The van der Waals surface area contributed by atoms with Gasteiger partial charge in [-0.3, -0.25) is 14.5 Å². The van der Waals surface area contributed by atoms with Gasteiger partial charge >= 0.3 is 0 Å². The number of amides is 1. The molecular formula is C25H26ClNO2. The summed E-state index contributed by atoms with van der Waals surface area (Å²) >= 11 is 6.47. The summed E-state index contributed by atoms with van der Waals surface area (Å²) in [6.45, 7) is 8.29. The van der Waals surface area contributed by atoms with E-state index in [1.807, 2.05) is 49.4 Å². The number of benzene rings is 2. The number of nitrogens with zero attached hydrogens (tertiary/aromatic N) is 1. The van der Waals surface area contributed by atoms with Crippen LogP contribution in [0.25, 0.3) is 0 Å². The van der Waals surface area contributed by atoms with Crippen LogP contribution in [0.2, 0.25) is 5.02 Å². The number of ketones is 1. The molecule has 0 saturated carbocycles. The van der Waals surface area contributed by atoms with E-state index in [-0.39, 0.29) is 29.4 Å². The van der Waals surface area contributed by atoms with Crippen molar-refractivity contribution in [3.63, 3.8) is 0 Å². The molecule has 1 atom stereocenters. The van der Waals surface area contributed by atoms with Gasteiger partial charge in [0.1, 0.15) is 0 Å². The maximum atomic E-state index is 13.4. The van der Waals surface area contributed by atoms with Crippen LogP contribution >= 0.6 is 11.6 Å². The Morgan fingerprint density at radius 3 is 2.41 bits per heavy atom. The lowest BCUT2D eigenvalue weighted by Gasteiger charge is -2.43.